The molecule has 2 aromatic rings. The van der Waals surface area contributed by atoms with Crippen LogP contribution in [-0.4, -0.2) is 30.1 Å². The van der Waals surface area contributed by atoms with Crippen molar-refractivity contribution in [3.05, 3.63) is 71.8 Å². The second-order valence-electron chi connectivity index (χ2n) is 4.70. The van der Waals surface area contributed by atoms with Crippen molar-refractivity contribution in [3.8, 4) is 0 Å². The van der Waals surface area contributed by atoms with Crippen molar-refractivity contribution in [2.24, 2.45) is 0 Å². The lowest BCUT2D eigenvalue weighted by Crippen LogP contribution is -2.41. The predicted molar refractivity (Wildman–Crippen MR) is 83.2 cm³/mol. The molecule has 0 aliphatic heterocycles. The molecule has 5 heteroatoms. The van der Waals surface area contributed by atoms with E-state index in [2.05, 4.69) is 10.6 Å². The molecule has 0 heterocycles. The highest BCUT2D eigenvalue weighted by Crippen LogP contribution is 2.14. The van der Waals surface area contributed by atoms with Gasteiger partial charge in [-0.1, -0.05) is 48.5 Å². The van der Waals surface area contributed by atoms with E-state index >= 15 is 0 Å². The molecule has 0 spiro atoms. The van der Waals surface area contributed by atoms with Crippen LogP contribution < -0.4 is 10.6 Å². The molecule has 2 amide bonds. The van der Waals surface area contributed by atoms with Crippen LogP contribution in [-0.2, 0) is 4.79 Å². The number of hydrogen-bond acceptors (Lipinski definition) is 3. The Balaban J connectivity index is 2.18. The van der Waals surface area contributed by atoms with Crippen molar-refractivity contribution in [1.82, 2.24) is 10.6 Å². The standard InChI is InChI=1S/C17H18N2O3/c20-12-11-18-17(22)15(13-7-3-1-4-8-13)19-16(21)14-9-5-2-6-10-14/h1-10,15,20H,11-12H2,(H,18,22)(H,19,21). The van der Waals surface area contributed by atoms with Gasteiger partial charge in [0.05, 0.1) is 6.61 Å². The van der Waals surface area contributed by atoms with Crippen LogP contribution in [0.25, 0.3) is 0 Å². The second-order valence-corrected chi connectivity index (χ2v) is 4.70. The zero-order chi connectivity index (χ0) is 15.8. The van der Waals surface area contributed by atoms with Gasteiger partial charge in [0.2, 0.25) is 5.91 Å². The number of nitrogens with one attached hydrogen (secondary N) is 2. The molecule has 0 bridgehead atoms. The summed E-state index contributed by atoms with van der Waals surface area (Å²) >= 11 is 0. The van der Waals surface area contributed by atoms with Gasteiger partial charge < -0.3 is 15.7 Å². The van der Waals surface area contributed by atoms with E-state index in [-0.39, 0.29) is 25.0 Å². The number of aliphatic hydroxyl groups is 1. The number of carbonyl (C=O) groups is 2. The molecular formula is C17H18N2O3. The van der Waals surface area contributed by atoms with Gasteiger partial charge in [0.25, 0.3) is 5.91 Å². The van der Waals surface area contributed by atoms with Gasteiger partial charge in [-0.3, -0.25) is 9.59 Å². The molecule has 22 heavy (non-hydrogen) atoms. The van der Waals surface area contributed by atoms with Crippen molar-refractivity contribution < 1.29 is 14.7 Å². The lowest BCUT2D eigenvalue weighted by Gasteiger charge is -2.18. The Kier molecular flexibility index (Phi) is 5.68. The van der Waals surface area contributed by atoms with Gasteiger partial charge in [-0.05, 0) is 17.7 Å². The number of carbonyl (C=O) groups excluding carboxylic acids is 2. The predicted octanol–water partition coefficient (Wildman–Crippen LogP) is 1.27. The zero-order valence-electron chi connectivity index (χ0n) is 12.0. The number of benzene rings is 2. The van der Waals surface area contributed by atoms with Crippen LogP contribution in [0.15, 0.2) is 60.7 Å². The van der Waals surface area contributed by atoms with Gasteiger partial charge in [-0.25, -0.2) is 0 Å². The highest BCUT2D eigenvalue weighted by atomic mass is 16.3. The molecule has 1 atom stereocenters. The smallest absolute Gasteiger partial charge is 0.252 e. The highest BCUT2D eigenvalue weighted by Gasteiger charge is 2.22. The van der Waals surface area contributed by atoms with Gasteiger partial charge in [0.1, 0.15) is 6.04 Å². The Hall–Kier alpha value is -2.66. The first-order valence-electron chi connectivity index (χ1n) is 7.02. The number of rotatable bonds is 6. The topological polar surface area (TPSA) is 78.4 Å². The Bertz CT molecular complexity index is 614. The van der Waals surface area contributed by atoms with E-state index in [9.17, 15) is 9.59 Å². The molecule has 2 rings (SSSR count). The van der Waals surface area contributed by atoms with Crippen LogP contribution in [0.5, 0.6) is 0 Å². The minimum absolute atomic E-state index is 0.142. The van der Waals surface area contributed by atoms with E-state index in [1.807, 2.05) is 12.1 Å². The average molecular weight is 298 g/mol. The van der Waals surface area contributed by atoms with Crippen molar-refractivity contribution in [2.45, 2.75) is 6.04 Å². The third-order valence-electron chi connectivity index (χ3n) is 3.12. The van der Waals surface area contributed by atoms with Gasteiger partial charge in [-0.2, -0.15) is 0 Å². The van der Waals surface area contributed by atoms with E-state index in [0.717, 1.165) is 0 Å². The fraction of sp³-hybridized carbons (Fsp3) is 0.176. The largest absolute Gasteiger partial charge is 0.395 e. The third kappa shape index (κ3) is 4.17. The molecule has 5 nitrogen and oxygen atoms in total. The van der Waals surface area contributed by atoms with Gasteiger partial charge in [0, 0.05) is 12.1 Å². The first kappa shape index (κ1) is 15.7. The van der Waals surface area contributed by atoms with Crippen molar-refractivity contribution in [1.29, 1.82) is 0 Å². The molecule has 1 unspecified atom stereocenters. The van der Waals surface area contributed by atoms with E-state index in [0.29, 0.717) is 11.1 Å². The molecule has 2 aromatic carbocycles. The van der Waals surface area contributed by atoms with Crippen LogP contribution in [0, 0.1) is 0 Å². The quantitative estimate of drug-likeness (QED) is 0.751. The highest BCUT2D eigenvalue weighted by molar-refractivity contribution is 5.97. The SMILES string of the molecule is O=C(NC(C(=O)NCCO)c1ccccc1)c1ccccc1. The Morgan fingerprint density at radius 1 is 0.955 bits per heavy atom. The van der Waals surface area contributed by atoms with Crippen LogP contribution in [0.2, 0.25) is 0 Å². The summed E-state index contributed by atoms with van der Waals surface area (Å²) in [5.41, 5.74) is 1.17. The average Bonchev–Trinajstić information content (AvgIpc) is 2.59. The summed E-state index contributed by atoms with van der Waals surface area (Å²) < 4.78 is 0. The van der Waals surface area contributed by atoms with E-state index in [4.69, 9.17) is 5.11 Å². The molecule has 0 radical (unpaired) electrons. The fourth-order valence-corrected chi connectivity index (χ4v) is 2.03. The van der Waals surface area contributed by atoms with Crippen molar-refractivity contribution >= 4 is 11.8 Å². The molecule has 0 aliphatic rings. The van der Waals surface area contributed by atoms with E-state index in [1.165, 1.54) is 0 Å². The molecular weight excluding hydrogens is 280 g/mol. The number of hydrogen-bond donors (Lipinski definition) is 3. The van der Waals surface area contributed by atoms with Crippen LogP contribution in [0.3, 0.4) is 0 Å². The van der Waals surface area contributed by atoms with Crippen LogP contribution in [0.1, 0.15) is 22.0 Å². The second kappa shape index (κ2) is 7.95. The van der Waals surface area contributed by atoms with Crippen LogP contribution >= 0.6 is 0 Å². The summed E-state index contributed by atoms with van der Waals surface area (Å²) in [4.78, 5) is 24.5. The molecule has 114 valence electrons. The lowest BCUT2D eigenvalue weighted by atomic mass is 10.1. The van der Waals surface area contributed by atoms with Gasteiger partial charge in [-0.15, -0.1) is 0 Å². The fourth-order valence-electron chi connectivity index (χ4n) is 2.03. The maximum absolute atomic E-state index is 12.3. The molecule has 0 aliphatic carbocycles. The zero-order valence-corrected chi connectivity index (χ0v) is 12.0. The maximum Gasteiger partial charge on any atom is 0.252 e. The first-order chi connectivity index (χ1) is 10.7. The summed E-state index contributed by atoms with van der Waals surface area (Å²) in [7, 11) is 0. The monoisotopic (exact) mass is 298 g/mol. The molecule has 0 aromatic heterocycles. The minimum Gasteiger partial charge on any atom is -0.395 e. The van der Waals surface area contributed by atoms with Gasteiger partial charge in [0.15, 0.2) is 0 Å². The summed E-state index contributed by atoms with van der Waals surface area (Å²) in [6.07, 6.45) is 0. The number of amides is 2. The molecule has 0 saturated heterocycles. The summed E-state index contributed by atoms with van der Waals surface area (Å²) in [5.74, 6) is -0.682. The maximum atomic E-state index is 12.3. The third-order valence-corrected chi connectivity index (χ3v) is 3.12. The van der Waals surface area contributed by atoms with Crippen molar-refractivity contribution in [3.63, 3.8) is 0 Å². The Morgan fingerprint density at radius 3 is 2.14 bits per heavy atom. The first-order valence-corrected chi connectivity index (χ1v) is 7.02. The molecule has 0 fully saturated rings. The molecule has 0 saturated carbocycles. The summed E-state index contributed by atoms with van der Waals surface area (Å²) in [6, 6.07) is 16.9. The molecule has 3 N–H and O–H groups in total. The van der Waals surface area contributed by atoms with Crippen molar-refractivity contribution in [2.75, 3.05) is 13.2 Å². The number of aliphatic hydroxyl groups excluding tert-OH is 1. The Morgan fingerprint density at radius 2 is 1.55 bits per heavy atom. The summed E-state index contributed by atoms with van der Waals surface area (Å²) in [5, 5.41) is 14.1. The summed E-state index contributed by atoms with van der Waals surface area (Å²) in [6.45, 7) is -0.0107. The van der Waals surface area contributed by atoms with Gasteiger partial charge >= 0.3 is 0 Å². The lowest BCUT2D eigenvalue weighted by molar-refractivity contribution is -0.123. The van der Waals surface area contributed by atoms with E-state index in [1.54, 1.807) is 48.5 Å². The van der Waals surface area contributed by atoms with E-state index < -0.39 is 6.04 Å². The van der Waals surface area contributed by atoms with Crippen LogP contribution in [0.4, 0.5) is 0 Å². The Labute approximate surface area is 129 Å². The minimum atomic E-state index is -0.805. The normalized spacial score (nSPS) is 11.5.